The van der Waals surface area contributed by atoms with E-state index in [1.807, 2.05) is 5.48 Å². The summed E-state index contributed by atoms with van der Waals surface area (Å²) in [5, 5.41) is 33.1. The zero-order chi connectivity index (χ0) is 18.2. The van der Waals surface area contributed by atoms with Gasteiger partial charge >= 0.3 is 0 Å². The van der Waals surface area contributed by atoms with Gasteiger partial charge in [0.05, 0.1) is 18.5 Å². The van der Waals surface area contributed by atoms with Crippen molar-refractivity contribution in [3.8, 4) is 0 Å². The lowest BCUT2D eigenvalue weighted by Gasteiger charge is -2.31. The molecule has 5 N–H and O–H groups in total. The molecule has 0 aromatic carbocycles. The maximum absolute atomic E-state index is 10.5. The Labute approximate surface area is 142 Å². The van der Waals surface area contributed by atoms with Crippen molar-refractivity contribution in [3.63, 3.8) is 0 Å². The molecule has 1 saturated heterocycles. The van der Waals surface area contributed by atoms with Gasteiger partial charge in [0.25, 0.3) is 0 Å². The third kappa shape index (κ3) is 2.56. The molecule has 2 unspecified atom stereocenters. The lowest BCUT2D eigenvalue weighted by atomic mass is 9.96. The van der Waals surface area contributed by atoms with E-state index in [4.69, 9.17) is 15.0 Å². The van der Waals surface area contributed by atoms with Crippen LogP contribution in [0.4, 0.5) is 5.82 Å². The first-order valence-corrected chi connectivity index (χ1v) is 7.59. The summed E-state index contributed by atoms with van der Waals surface area (Å²) in [5.74, 6) is 0.166. The Balaban J connectivity index is 2.20. The van der Waals surface area contributed by atoms with Gasteiger partial charge in [0.2, 0.25) is 0 Å². The van der Waals surface area contributed by atoms with Gasteiger partial charge in [0.1, 0.15) is 29.8 Å². The van der Waals surface area contributed by atoms with Crippen LogP contribution in [0.25, 0.3) is 11.0 Å². The molecule has 0 amide bonds. The van der Waals surface area contributed by atoms with E-state index in [1.54, 1.807) is 17.7 Å². The Morgan fingerprint density at radius 2 is 2.28 bits per heavy atom. The van der Waals surface area contributed by atoms with Gasteiger partial charge < -0.3 is 24.3 Å². The number of aliphatic hydroxyl groups is 2. The van der Waals surface area contributed by atoms with Crippen molar-refractivity contribution in [2.24, 2.45) is 5.11 Å². The first-order valence-electron chi connectivity index (χ1n) is 7.59. The molecule has 11 heteroatoms. The monoisotopic (exact) mass is 352 g/mol. The van der Waals surface area contributed by atoms with Crippen molar-refractivity contribution in [3.05, 3.63) is 18.1 Å². The van der Waals surface area contributed by atoms with E-state index in [0.29, 0.717) is 16.6 Å². The molecule has 0 spiro atoms. The summed E-state index contributed by atoms with van der Waals surface area (Å²) in [6.07, 6.45) is 0.235. The highest BCUT2D eigenvalue weighted by Gasteiger charge is 2.54. The van der Waals surface area contributed by atoms with Crippen LogP contribution in [0, 0.1) is 5.53 Å². The predicted octanol–water partition coefficient (Wildman–Crippen LogP) is 0.419. The summed E-state index contributed by atoms with van der Waals surface area (Å²) in [4.78, 5) is 8.19. The number of aromatic nitrogens is 3. The van der Waals surface area contributed by atoms with Gasteiger partial charge in [-0.15, -0.1) is 0 Å². The highest BCUT2D eigenvalue weighted by Crippen LogP contribution is 2.43. The highest BCUT2D eigenvalue weighted by molar-refractivity contribution is 5.90. The Bertz CT molecular complexity index is 782. The lowest BCUT2D eigenvalue weighted by Crippen LogP contribution is -2.46. The minimum absolute atomic E-state index is 0.0496. The fraction of sp³-hybridized carbons (Fsp3) is 0.571. The third-order valence-corrected chi connectivity index (χ3v) is 4.65. The van der Waals surface area contributed by atoms with Gasteiger partial charge in [-0.2, -0.15) is 5.11 Å². The topological polar surface area (TPSA) is 158 Å². The molecule has 3 heterocycles. The molecule has 2 aromatic heterocycles. The van der Waals surface area contributed by atoms with Crippen LogP contribution in [0.5, 0.6) is 0 Å². The van der Waals surface area contributed by atoms with Crippen LogP contribution in [0.15, 0.2) is 17.6 Å². The van der Waals surface area contributed by atoms with Gasteiger partial charge in [-0.25, -0.2) is 15.5 Å². The van der Waals surface area contributed by atoms with Gasteiger partial charge in [-0.1, -0.05) is 0 Å². The van der Waals surface area contributed by atoms with Gasteiger partial charge in [0, 0.05) is 18.9 Å². The minimum atomic E-state index is -1.15. The molecule has 0 aliphatic carbocycles. The number of nitrogens with zero attached hydrogens (tertiary/aromatic N) is 4. The standard InChI is InChI=1S/C14H20N6O5/c1-14(24-2)10(22)8(5-21)25-13(14)20-4-7(3-18-15)9-11(19-23)16-6-17-12(9)20/h4,6,8,10,13,15,21-23H,3,5H2,1-2H3,(H,16,17,19)/t8?,10?,13-,14-/m1/s1. The lowest BCUT2D eigenvalue weighted by molar-refractivity contribution is -0.118. The van der Waals surface area contributed by atoms with Crippen LogP contribution in [0.2, 0.25) is 0 Å². The van der Waals surface area contributed by atoms with Crippen molar-refractivity contribution in [2.75, 3.05) is 19.2 Å². The van der Waals surface area contributed by atoms with E-state index in [9.17, 15) is 15.4 Å². The van der Waals surface area contributed by atoms with E-state index in [0.717, 1.165) is 0 Å². The van der Waals surface area contributed by atoms with Crippen molar-refractivity contribution >= 4 is 16.9 Å². The molecule has 0 radical (unpaired) electrons. The fourth-order valence-electron chi connectivity index (χ4n) is 3.23. The summed E-state index contributed by atoms with van der Waals surface area (Å²) in [7, 11) is 1.45. The van der Waals surface area contributed by atoms with E-state index in [2.05, 4.69) is 15.1 Å². The molecule has 11 nitrogen and oxygen atoms in total. The zero-order valence-electron chi connectivity index (χ0n) is 13.7. The maximum Gasteiger partial charge on any atom is 0.167 e. The van der Waals surface area contributed by atoms with Crippen LogP contribution in [-0.2, 0) is 16.0 Å². The summed E-state index contributed by atoms with van der Waals surface area (Å²) in [5.41, 5.74) is 8.99. The second-order valence-corrected chi connectivity index (χ2v) is 5.95. The number of ether oxygens (including phenoxy) is 2. The van der Waals surface area contributed by atoms with Crippen molar-refractivity contribution in [2.45, 2.75) is 37.5 Å². The van der Waals surface area contributed by atoms with Gasteiger partial charge in [0.15, 0.2) is 12.0 Å². The molecule has 4 atom stereocenters. The molecule has 25 heavy (non-hydrogen) atoms. The summed E-state index contributed by atoms with van der Waals surface area (Å²) < 4.78 is 12.9. The van der Waals surface area contributed by atoms with E-state index in [1.165, 1.54) is 13.4 Å². The second kappa shape index (κ2) is 6.61. The number of rotatable bonds is 6. The predicted molar refractivity (Wildman–Crippen MR) is 84.2 cm³/mol. The van der Waals surface area contributed by atoms with E-state index in [-0.39, 0.29) is 19.0 Å². The first-order chi connectivity index (χ1) is 12.0. The SMILES string of the molecule is CO[C@]1(C)C(O)C(CO)O[C@H]1n1cc(CN=N)c2c(NO)ncnc21. The number of anilines is 1. The van der Waals surface area contributed by atoms with Crippen LogP contribution in [-0.4, -0.2) is 61.5 Å². The average Bonchev–Trinajstić information content (AvgIpc) is 3.12. The molecule has 136 valence electrons. The molecular weight excluding hydrogens is 332 g/mol. The van der Waals surface area contributed by atoms with Crippen LogP contribution in [0.3, 0.4) is 0 Å². The van der Waals surface area contributed by atoms with Crippen LogP contribution >= 0.6 is 0 Å². The highest BCUT2D eigenvalue weighted by atomic mass is 16.6. The Morgan fingerprint density at radius 1 is 1.52 bits per heavy atom. The molecule has 0 saturated carbocycles. The van der Waals surface area contributed by atoms with Crippen molar-refractivity contribution in [1.82, 2.24) is 14.5 Å². The minimum Gasteiger partial charge on any atom is -0.394 e. The van der Waals surface area contributed by atoms with Crippen molar-refractivity contribution in [1.29, 1.82) is 5.53 Å². The van der Waals surface area contributed by atoms with Gasteiger partial charge in [-0.3, -0.25) is 10.7 Å². The Kier molecular flexibility index (Phi) is 4.67. The fourth-order valence-corrected chi connectivity index (χ4v) is 3.23. The number of hydrogen-bond donors (Lipinski definition) is 5. The molecule has 1 aliphatic rings. The number of aliphatic hydroxyl groups excluding tert-OH is 2. The molecule has 0 bridgehead atoms. The number of nitrogens with one attached hydrogen (secondary N) is 2. The first kappa shape index (κ1) is 17.6. The van der Waals surface area contributed by atoms with Crippen LogP contribution in [0.1, 0.15) is 18.7 Å². The number of fused-ring (bicyclic) bond motifs is 1. The van der Waals surface area contributed by atoms with Crippen molar-refractivity contribution < 1.29 is 24.9 Å². The van der Waals surface area contributed by atoms with Gasteiger partial charge in [-0.05, 0) is 6.92 Å². The van der Waals surface area contributed by atoms with E-state index >= 15 is 0 Å². The zero-order valence-corrected chi connectivity index (χ0v) is 13.7. The molecule has 1 aliphatic heterocycles. The average molecular weight is 352 g/mol. The molecule has 3 rings (SSSR count). The smallest absolute Gasteiger partial charge is 0.167 e. The van der Waals surface area contributed by atoms with Crippen LogP contribution < -0.4 is 5.48 Å². The number of methoxy groups -OCH3 is 1. The summed E-state index contributed by atoms with van der Waals surface area (Å²) in [6.45, 7) is 1.35. The quantitative estimate of drug-likeness (QED) is 0.369. The number of hydrogen-bond acceptors (Lipinski definition) is 10. The summed E-state index contributed by atoms with van der Waals surface area (Å²) in [6, 6.07) is 0. The maximum atomic E-state index is 10.5. The third-order valence-electron chi connectivity index (χ3n) is 4.65. The Morgan fingerprint density at radius 3 is 2.88 bits per heavy atom. The van der Waals surface area contributed by atoms with E-state index < -0.39 is 24.0 Å². The molecule has 1 fully saturated rings. The summed E-state index contributed by atoms with van der Waals surface area (Å²) >= 11 is 0. The normalized spacial score (nSPS) is 29.2. The second-order valence-electron chi connectivity index (χ2n) is 5.95. The molecular formula is C14H20N6O5. The molecule has 2 aromatic rings. The largest absolute Gasteiger partial charge is 0.394 e. The Hall–Kier alpha value is -2.18.